The molecule has 0 unspecified atom stereocenters. The quantitative estimate of drug-likeness (QED) is 0.708. The van der Waals surface area contributed by atoms with Crippen LogP contribution in [0.2, 0.25) is 0 Å². The van der Waals surface area contributed by atoms with Crippen LogP contribution in [0.1, 0.15) is 11.4 Å². The van der Waals surface area contributed by atoms with Gasteiger partial charge in [-0.15, -0.1) is 0 Å². The highest BCUT2D eigenvalue weighted by atomic mass is 14.8. The van der Waals surface area contributed by atoms with Gasteiger partial charge in [-0.25, -0.2) is 0 Å². The Kier molecular flexibility index (Phi) is 2.56. The Balaban J connectivity index is 2.16. The van der Waals surface area contributed by atoms with Crippen LogP contribution in [0.5, 0.6) is 0 Å². The first-order chi connectivity index (χ1) is 6.95. The molecule has 14 heavy (non-hydrogen) atoms. The molecule has 0 spiro atoms. The third-order valence-electron chi connectivity index (χ3n) is 1.59. The molecule has 0 bridgehead atoms. The van der Waals surface area contributed by atoms with Crippen molar-refractivity contribution < 1.29 is 0 Å². The van der Waals surface area contributed by atoms with E-state index in [0.717, 1.165) is 11.4 Å². The summed E-state index contributed by atoms with van der Waals surface area (Å²) >= 11 is 0. The van der Waals surface area contributed by atoms with E-state index in [4.69, 9.17) is 0 Å². The molecule has 0 N–H and O–H groups in total. The highest BCUT2D eigenvalue weighted by Crippen LogP contribution is 1.99. The summed E-state index contributed by atoms with van der Waals surface area (Å²) in [6.45, 7) is 0. The zero-order valence-electron chi connectivity index (χ0n) is 7.41. The molecule has 68 valence electrons. The molecule has 0 radical (unpaired) electrons. The van der Waals surface area contributed by atoms with Gasteiger partial charge in [-0.05, 0) is 12.2 Å². The van der Waals surface area contributed by atoms with Crippen molar-refractivity contribution in [1.82, 2.24) is 19.9 Å². The van der Waals surface area contributed by atoms with Gasteiger partial charge in [0.25, 0.3) is 0 Å². The lowest BCUT2D eigenvalue weighted by atomic mass is 10.3. The lowest BCUT2D eigenvalue weighted by Gasteiger charge is -1.90. The normalized spacial score (nSPS) is 10.6. The fraction of sp³-hybridized carbons (Fsp3) is 0. The van der Waals surface area contributed by atoms with E-state index in [1.165, 1.54) is 0 Å². The van der Waals surface area contributed by atoms with Gasteiger partial charge in [0.2, 0.25) is 0 Å². The van der Waals surface area contributed by atoms with Gasteiger partial charge >= 0.3 is 0 Å². The van der Waals surface area contributed by atoms with Crippen molar-refractivity contribution in [3.05, 3.63) is 48.6 Å². The lowest BCUT2D eigenvalue weighted by Crippen LogP contribution is -1.82. The Hall–Kier alpha value is -2.10. The van der Waals surface area contributed by atoms with E-state index in [0.29, 0.717) is 0 Å². The summed E-state index contributed by atoms with van der Waals surface area (Å²) in [6.07, 6.45) is 13.6. The van der Waals surface area contributed by atoms with Crippen LogP contribution in [0, 0.1) is 0 Å². The van der Waals surface area contributed by atoms with E-state index in [1.807, 2.05) is 12.2 Å². The molecule has 0 aliphatic rings. The zero-order chi connectivity index (χ0) is 9.64. The molecule has 2 rings (SSSR count). The van der Waals surface area contributed by atoms with E-state index < -0.39 is 0 Å². The fourth-order valence-electron chi connectivity index (χ4n) is 0.964. The summed E-state index contributed by atoms with van der Waals surface area (Å²) in [7, 11) is 0. The third-order valence-corrected chi connectivity index (χ3v) is 1.59. The van der Waals surface area contributed by atoms with Gasteiger partial charge in [0.15, 0.2) is 0 Å². The van der Waals surface area contributed by atoms with Crippen molar-refractivity contribution in [3.63, 3.8) is 0 Å². The number of hydrogen-bond acceptors (Lipinski definition) is 4. The van der Waals surface area contributed by atoms with E-state index in [9.17, 15) is 0 Å². The molecule has 4 nitrogen and oxygen atoms in total. The van der Waals surface area contributed by atoms with Crippen LogP contribution in [-0.2, 0) is 0 Å². The second-order valence-electron chi connectivity index (χ2n) is 2.59. The SMILES string of the molecule is C(=Cc1cnccn1)c1cnccn1. The molecule has 0 aliphatic carbocycles. The summed E-state index contributed by atoms with van der Waals surface area (Å²) in [5.74, 6) is 0. The average molecular weight is 184 g/mol. The molecule has 0 saturated carbocycles. The standard InChI is InChI=1S/C10H8N4/c1(9-7-11-3-5-13-9)2-10-8-12-4-6-14-10/h1-8H. The summed E-state index contributed by atoms with van der Waals surface area (Å²) in [4.78, 5) is 16.1. The molecule has 4 heteroatoms. The van der Waals surface area contributed by atoms with Crippen LogP contribution in [0.3, 0.4) is 0 Å². The molecule has 0 atom stereocenters. The van der Waals surface area contributed by atoms with Crippen LogP contribution >= 0.6 is 0 Å². The van der Waals surface area contributed by atoms with Crippen LogP contribution in [0.25, 0.3) is 12.2 Å². The molecule has 2 heterocycles. The van der Waals surface area contributed by atoms with Crippen LogP contribution in [-0.4, -0.2) is 19.9 Å². The maximum Gasteiger partial charge on any atom is 0.0813 e. The molecule has 2 aromatic heterocycles. The lowest BCUT2D eigenvalue weighted by molar-refractivity contribution is 1.17. The third kappa shape index (κ3) is 2.20. The first-order valence-electron chi connectivity index (χ1n) is 4.15. The van der Waals surface area contributed by atoms with Crippen molar-refractivity contribution in [2.24, 2.45) is 0 Å². The molecule has 0 saturated heterocycles. The van der Waals surface area contributed by atoms with E-state index in [1.54, 1.807) is 37.2 Å². The van der Waals surface area contributed by atoms with E-state index in [2.05, 4.69) is 19.9 Å². The average Bonchev–Trinajstić information content (AvgIpc) is 2.29. The second-order valence-corrected chi connectivity index (χ2v) is 2.59. The molecular formula is C10H8N4. The van der Waals surface area contributed by atoms with Crippen LogP contribution in [0.4, 0.5) is 0 Å². The van der Waals surface area contributed by atoms with E-state index in [-0.39, 0.29) is 0 Å². The minimum absolute atomic E-state index is 0.804. The topological polar surface area (TPSA) is 51.6 Å². The number of hydrogen-bond donors (Lipinski definition) is 0. The van der Waals surface area contributed by atoms with Crippen molar-refractivity contribution >= 4 is 12.2 Å². The number of nitrogens with zero attached hydrogens (tertiary/aromatic N) is 4. The zero-order valence-corrected chi connectivity index (χ0v) is 7.41. The van der Waals surface area contributed by atoms with Gasteiger partial charge in [0.1, 0.15) is 0 Å². The van der Waals surface area contributed by atoms with E-state index >= 15 is 0 Å². The minimum Gasteiger partial charge on any atom is -0.261 e. The maximum absolute atomic E-state index is 4.10. The first-order valence-corrected chi connectivity index (χ1v) is 4.15. The Morgan fingerprint density at radius 3 is 1.57 bits per heavy atom. The van der Waals surface area contributed by atoms with Crippen LogP contribution in [0.15, 0.2) is 37.2 Å². The summed E-state index contributed by atoms with van der Waals surface area (Å²) < 4.78 is 0. The predicted molar refractivity (Wildman–Crippen MR) is 53.0 cm³/mol. The number of rotatable bonds is 2. The fourth-order valence-corrected chi connectivity index (χ4v) is 0.964. The van der Waals surface area contributed by atoms with Gasteiger partial charge in [-0.1, -0.05) is 0 Å². The van der Waals surface area contributed by atoms with Gasteiger partial charge in [-0.2, -0.15) is 0 Å². The largest absolute Gasteiger partial charge is 0.261 e. The van der Waals surface area contributed by atoms with Crippen molar-refractivity contribution in [2.45, 2.75) is 0 Å². The summed E-state index contributed by atoms with van der Waals surface area (Å²) in [5.41, 5.74) is 1.61. The van der Waals surface area contributed by atoms with Crippen molar-refractivity contribution in [2.75, 3.05) is 0 Å². The van der Waals surface area contributed by atoms with Gasteiger partial charge < -0.3 is 0 Å². The molecule has 2 aromatic rings. The van der Waals surface area contributed by atoms with Crippen LogP contribution < -0.4 is 0 Å². The first kappa shape index (κ1) is 8.50. The molecule has 0 amide bonds. The molecule has 0 fully saturated rings. The summed E-state index contributed by atoms with van der Waals surface area (Å²) in [6, 6.07) is 0. The van der Waals surface area contributed by atoms with Gasteiger partial charge in [0.05, 0.1) is 23.8 Å². The maximum atomic E-state index is 4.10. The predicted octanol–water partition coefficient (Wildman–Crippen LogP) is 1.44. The second kappa shape index (κ2) is 4.23. The van der Waals surface area contributed by atoms with Crippen molar-refractivity contribution in [3.8, 4) is 0 Å². The molecule has 0 aliphatic heterocycles. The summed E-state index contributed by atoms with van der Waals surface area (Å²) in [5, 5.41) is 0. The van der Waals surface area contributed by atoms with Gasteiger partial charge in [0, 0.05) is 24.8 Å². The smallest absolute Gasteiger partial charge is 0.0813 e. The highest BCUT2D eigenvalue weighted by Gasteiger charge is 1.87. The van der Waals surface area contributed by atoms with Crippen molar-refractivity contribution in [1.29, 1.82) is 0 Å². The van der Waals surface area contributed by atoms with Gasteiger partial charge in [-0.3, -0.25) is 19.9 Å². The molecule has 0 aromatic carbocycles. The molecular weight excluding hydrogens is 176 g/mol. The Bertz CT molecular complexity index is 369. The minimum atomic E-state index is 0.804. The Morgan fingerprint density at radius 1 is 0.714 bits per heavy atom. The Morgan fingerprint density at radius 2 is 1.21 bits per heavy atom. The highest BCUT2D eigenvalue weighted by molar-refractivity contribution is 5.65. The Labute approximate surface area is 81.4 Å². The monoisotopic (exact) mass is 184 g/mol. The number of aromatic nitrogens is 4.